The van der Waals surface area contributed by atoms with Gasteiger partial charge in [-0.05, 0) is 18.2 Å². The van der Waals surface area contributed by atoms with Gasteiger partial charge in [0.05, 0.1) is 10.8 Å². The topological polar surface area (TPSA) is 81.4 Å². The van der Waals surface area contributed by atoms with Gasteiger partial charge in [-0.1, -0.05) is 43.4 Å². The summed E-state index contributed by atoms with van der Waals surface area (Å²) >= 11 is 1.15. The number of benzene rings is 1. The number of rotatable bonds is 1. The summed E-state index contributed by atoms with van der Waals surface area (Å²) in [6.45, 7) is 5.93. The third kappa shape index (κ3) is 2.26. The Morgan fingerprint density at radius 2 is 1.32 bits per heavy atom. The Bertz CT molecular complexity index is 1270. The van der Waals surface area contributed by atoms with Crippen LogP contribution >= 0.6 is 22.7 Å². The van der Waals surface area contributed by atoms with E-state index < -0.39 is 19.0 Å². The molecule has 4 rings (SSSR count). The van der Waals surface area contributed by atoms with E-state index in [1.165, 1.54) is 6.07 Å². The second-order valence-corrected chi connectivity index (χ2v) is 8.76. The van der Waals surface area contributed by atoms with E-state index in [1.54, 1.807) is 12.1 Å². The molecular weight excluding hydrogens is 360 g/mol. The van der Waals surface area contributed by atoms with Crippen LogP contribution in [0.3, 0.4) is 0 Å². The standard InChI is InChI=1S/C18H12O5S2/c1-18(2,3)10-5-4-9(23-10)13-11-7(14(19)24-16(11)21)6-8-12(13)17(22)25-15(8)20/h4-6H,1-3H3. The highest BCUT2D eigenvalue weighted by molar-refractivity contribution is 7.09. The SMILES string of the molecule is CC(C)(C)c1ccc(-c2c3c(=O)sc(=O)c3cc3c(=O)sc(=O)c23)o1. The zero-order valence-electron chi connectivity index (χ0n) is 13.6. The van der Waals surface area contributed by atoms with Crippen molar-refractivity contribution < 1.29 is 4.42 Å². The normalized spacial score (nSPS) is 12.4. The van der Waals surface area contributed by atoms with Gasteiger partial charge in [-0.25, -0.2) is 0 Å². The zero-order chi connectivity index (χ0) is 18.1. The molecule has 0 amide bonds. The van der Waals surface area contributed by atoms with Crippen LogP contribution < -0.4 is 19.0 Å². The highest BCUT2D eigenvalue weighted by atomic mass is 32.1. The third-order valence-corrected chi connectivity index (χ3v) is 5.73. The maximum absolute atomic E-state index is 12.4. The van der Waals surface area contributed by atoms with Crippen LogP contribution in [0.2, 0.25) is 0 Å². The maximum atomic E-state index is 12.4. The van der Waals surface area contributed by atoms with Crippen LogP contribution in [-0.2, 0) is 5.41 Å². The molecule has 25 heavy (non-hydrogen) atoms. The van der Waals surface area contributed by atoms with Crippen molar-refractivity contribution in [1.82, 2.24) is 0 Å². The first-order valence-corrected chi connectivity index (χ1v) is 9.16. The number of furan rings is 1. The molecule has 126 valence electrons. The van der Waals surface area contributed by atoms with Gasteiger partial charge in [0.15, 0.2) is 0 Å². The van der Waals surface area contributed by atoms with E-state index in [-0.39, 0.29) is 32.5 Å². The smallest absolute Gasteiger partial charge is 0.244 e. The van der Waals surface area contributed by atoms with Crippen LogP contribution in [0, 0.1) is 0 Å². The Hall–Kier alpha value is -2.38. The molecule has 0 aliphatic heterocycles. The molecule has 0 unspecified atom stereocenters. The van der Waals surface area contributed by atoms with E-state index in [1.807, 2.05) is 20.8 Å². The van der Waals surface area contributed by atoms with Crippen LogP contribution in [0.25, 0.3) is 32.9 Å². The molecule has 0 saturated carbocycles. The van der Waals surface area contributed by atoms with Crippen molar-refractivity contribution in [2.24, 2.45) is 0 Å². The fourth-order valence-corrected chi connectivity index (χ4v) is 4.44. The first-order chi connectivity index (χ1) is 11.7. The summed E-state index contributed by atoms with van der Waals surface area (Å²) in [4.78, 5) is 49.0. The Balaban J connectivity index is 2.26. The molecule has 0 radical (unpaired) electrons. The first-order valence-electron chi connectivity index (χ1n) is 7.53. The summed E-state index contributed by atoms with van der Waals surface area (Å²) in [5.74, 6) is 1.01. The van der Waals surface area contributed by atoms with Crippen LogP contribution in [-0.4, -0.2) is 0 Å². The predicted molar refractivity (Wildman–Crippen MR) is 101 cm³/mol. The molecule has 4 aromatic rings. The molecule has 0 aliphatic carbocycles. The highest BCUT2D eigenvalue weighted by Crippen LogP contribution is 2.36. The van der Waals surface area contributed by atoms with E-state index in [2.05, 4.69) is 0 Å². The van der Waals surface area contributed by atoms with Crippen molar-refractivity contribution in [3.63, 3.8) is 0 Å². The monoisotopic (exact) mass is 372 g/mol. The van der Waals surface area contributed by atoms with Crippen LogP contribution in [0.5, 0.6) is 0 Å². The fraction of sp³-hybridized carbons (Fsp3) is 0.222. The average molecular weight is 372 g/mol. The Labute approximate surface area is 148 Å². The number of hydrogen-bond acceptors (Lipinski definition) is 7. The van der Waals surface area contributed by atoms with Crippen LogP contribution in [0.15, 0.2) is 41.8 Å². The van der Waals surface area contributed by atoms with Gasteiger partial charge in [0, 0.05) is 21.8 Å². The van der Waals surface area contributed by atoms with E-state index in [4.69, 9.17) is 4.42 Å². The minimum atomic E-state index is -0.427. The van der Waals surface area contributed by atoms with Crippen LogP contribution in [0.4, 0.5) is 0 Å². The highest BCUT2D eigenvalue weighted by Gasteiger charge is 2.25. The molecule has 0 saturated heterocycles. The van der Waals surface area contributed by atoms with E-state index in [0.717, 1.165) is 0 Å². The van der Waals surface area contributed by atoms with Crippen molar-refractivity contribution in [2.45, 2.75) is 26.2 Å². The zero-order valence-corrected chi connectivity index (χ0v) is 15.2. The van der Waals surface area contributed by atoms with Gasteiger partial charge in [0.2, 0.25) is 19.0 Å². The molecule has 7 heteroatoms. The van der Waals surface area contributed by atoms with Gasteiger partial charge in [-0.15, -0.1) is 0 Å². The van der Waals surface area contributed by atoms with Crippen LogP contribution in [0.1, 0.15) is 26.5 Å². The quantitative estimate of drug-likeness (QED) is 0.513. The summed E-state index contributed by atoms with van der Waals surface area (Å²) in [7, 11) is 0. The van der Waals surface area contributed by atoms with Gasteiger partial charge in [0.1, 0.15) is 11.5 Å². The van der Waals surface area contributed by atoms with Gasteiger partial charge in [-0.2, -0.15) is 0 Å². The summed E-state index contributed by atoms with van der Waals surface area (Å²) in [6.07, 6.45) is 0. The van der Waals surface area contributed by atoms with Gasteiger partial charge in [-0.3, -0.25) is 19.2 Å². The fourth-order valence-electron chi connectivity index (χ4n) is 2.93. The van der Waals surface area contributed by atoms with E-state index >= 15 is 0 Å². The lowest BCUT2D eigenvalue weighted by atomic mass is 9.94. The summed E-state index contributed by atoms with van der Waals surface area (Å²) in [6, 6.07) is 4.82. The molecule has 0 fully saturated rings. The maximum Gasteiger partial charge on any atom is 0.244 e. The molecule has 1 aromatic carbocycles. The van der Waals surface area contributed by atoms with Gasteiger partial charge >= 0.3 is 0 Å². The van der Waals surface area contributed by atoms with Crippen molar-refractivity contribution in [2.75, 3.05) is 0 Å². The second-order valence-electron chi connectivity index (χ2n) is 6.86. The van der Waals surface area contributed by atoms with Gasteiger partial charge < -0.3 is 4.42 Å². The Kier molecular flexibility index (Phi) is 3.26. The molecular formula is C18H12O5S2. The average Bonchev–Trinajstić information content (AvgIpc) is 3.17. The Morgan fingerprint density at radius 1 is 0.800 bits per heavy atom. The minimum Gasteiger partial charge on any atom is -0.460 e. The summed E-state index contributed by atoms with van der Waals surface area (Å²) in [5, 5.41) is 0.654. The van der Waals surface area contributed by atoms with E-state index in [9.17, 15) is 19.2 Å². The summed E-state index contributed by atoms with van der Waals surface area (Å²) < 4.78 is 4.23. The number of fused-ring (bicyclic) bond motifs is 2. The molecule has 3 aromatic heterocycles. The molecule has 3 heterocycles. The molecule has 0 bridgehead atoms. The molecule has 5 nitrogen and oxygen atoms in total. The minimum absolute atomic E-state index is 0.159. The first kappa shape index (κ1) is 16.1. The van der Waals surface area contributed by atoms with Crippen molar-refractivity contribution in [3.05, 3.63) is 62.1 Å². The predicted octanol–water partition coefficient (Wildman–Crippen LogP) is 2.99. The van der Waals surface area contributed by atoms with Crippen molar-refractivity contribution in [3.8, 4) is 11.3 Å². The summed E-state index contributed by atoms with van der Waals surface area (Å²) in [5.41, 5.74) is -0.00240. The van der Waals surface area contributed by atoms with Gasteiger partial charge in [0.25, 0.3) is 0 Å². The molecule has 0 atom stereocenters. The lowest BCUT2D eigenvalue weighted by Gasteiger charge is -2.14. The Morgan fingerprint density at radius 3 is 1.76 bits per heavy atom. The lowest BCUT2D eigenvalue weighted by Crippen LogP contribution is -2.09. The van der Waals surface area contributed by atoms with E-state index in [0.29, 0.717) is 34.2 Å². The largest absolute Gasteiger partial charge is 0.460 e. The van der Waals surface area contributed by atoms with Crippen molar-refractivity contribution >= 4 is 44.2 Å². The molecule has 0 spiro atoms. The molecule has 0 aliphatic rings. The van der Waals surface area contributed by atoms with Crippen molar-refractivity contribution in [1.29, 1.82) is 0 Å². The molecule has 0 N–H and O–H groups in total. The number of thiophene rings is 2. The lowest BCUT2D eigenvalue weighted by molar-refractivity contribution is 0.417. The third-order valence-electron chi connectivity index (χ3n) is 4.14. The number of hydrogen-bond donors (Lipinski definition) is 0. The second kappa shape index (κ2) is 5.06.